The van der Waals surface area contributed by atoms with Gasteiger partial charge in [-0.05, 0) is 18.6 Å². The van der Waals surface area contributed by atoms with Gasteiger partial charge in [0.2, 0.25) is 0 Å². The molecule has 2 N–H and O–H groups in total. The van der Waals surface area contributed by atoms with Crippen LogP contribution in [0.2, 0.25) is 0 Å². The number of H-pyrrole nitrogens is 1. The Morgan fingerprint density at radius 1 is 1.09 bits per heavy atom. The highest BCUT2D eigenvalue weighted by Crippen LogP contribution is 2.16. The molecule has 9 heteroatoms. The molecule has 0 radical (unpaired) electrons. The van der Waals surface area contributed by atoms with Gasteiger partial charge in [0.25, 0.3) is 11.5 Å². The second-order valence-electron chi connectivity index (χ2n) is 8.06. The van der Waals surface area contributed by atoms with Crippen LogP contribution in [0.4, 0.5) is 0 Å². The van der Waals surface area contributed by atoms with Crippen LogP contribution in [0.3, 0.4) is 0 Å². The van der Waals surface area contributed by atoms with Crippen LogP contribution in [0.5, 0.6) is 0 Å². The van der Waals surface area contributed by atoms with Gasteiger partial charge in [0, 0.05) is 12.1 Å². The zero-order chi connectivity index (χ0) is 23.5. The highest BCUT2D eigenvalue weighted by Gasteiger charge is 2.13. The average molecular weight is 454 g/mol. The van der Waals surface area contributed by atoms with Crippen LogP contribution < -0.4 is 10.9 Å². The summed E-state index contributed by atoms with van der Waals surface area (Å²) in [5.74, 6) is -0.264. The molecule has 170 valence electrons. The van der Waals surface area contributed by atoms with Gasteiger partial charge in [0.1, 0.15) is 17.4 Å². The minimum Gasteiger partial charge on any atom is -0.349 e. The molecule has 2 aromatic carbocycles. The lowest BCUT2D eigenvalue weighted by Crippen LogP contribution is -2.28. The summed E-state index contributed by atoms with van der Waals surface area (Å²) in [7, 11) is 0. The van der Waals surface area contributed by atoms with Crippen LogP contribution in [-0.2, 0) is 13.1 Å². The molecule has 0 fully saturated rings. The average Bonchev–Trinajstić information content (AvgIpc) is 3.50. The first kappa shape index (κ1) is 21.3. The van der Waals surface area contributed by atoms with Crippen LogP contribution in [0.1, 0.15) is 21.6 Å². The summed E-state index contributed by atoms with van der Waals surface area (Å²) < 4.78 is 3.20. The Kier molecular flexibility index (Phi) is 5.73. The maximum absolute atomic E-state index is 12.9. The number of carbonyl (C=O) groups excluding carboxylic acids is 1. The lowest BCUT2D eigenvalue weighted by Gasteiger charge is -2.07. The predicted octanol–water partition coefficient (Wildman–Crippen LogP) is 2.77. The molecule has 3 aromatic heterocycles. The number of benzene rings is 2. The summed E-state index contributed by atoms with van der Waals surface area (Å²) in [5.41, 5.74) is 4.53. The third-order valence-corrected chi connectivity index (χ3v) is 5.56. The minimum absolute atomic E-state index is 0.146. The highest BCUT2D eigenvalue weighted by molar-refractivity contribution is 5.93. The van der Waals surface area contributed by atoms with Gasteiger partial charge < -0.3 is 5.32 Å². The Morgan fingerprint density at radius 3 is 2.76 bits per heavy atom. The summed E-state index contributed by atoms with van der Waals surface area (Å²) in [4.78, 5) is 29.9. The van der Waals surface area contributed by atoms with Crippen molar-refractivity contribution in [1.82, 2.24) is 34.8 Å². The number of fused-ring (bicyclic) bond motifs is 1. The lowest BCUT2D eigenvalue weighted by molar-refractivity contribution is 0.0947. The van der Waals surface area contributed by atoms with Crippen LogP contribution in [0.25, 0.3) is 22.3 Å². The zero-order valence-electron chi connectivity index (χ0n) is 18.6. The van der Waals surface area contributed by atoms with Gasteiger partial charge in [-0.15, -0.1) is 0 Å². The number of nitrogens with one attached hydrogen (secondary N) is 2. The second kappa shape index (κ2) is 9.14. The van der Waals surface area contributed by atoms with E-state index < -0.39 is 0 Å². The predicted molar refractivity (Wildman–Crippen MR) is 128 cm³/mol. The number of aromatic amines is 1. The van der Waals surface area contributed by atoms with Crippen molar-refractivity contribution in [2.75, 3.05) is 6.54 Å². The lowest BCUT2D eigenvalue weighted by atomic mass is 10.1. The van der Waals surface area contributed by atoms with Gasteiger partial charge >= 0.3 is 0 Å². The third-order valence-electron chi connectivity index (χ3n) is 5.56. The molecule has 0 atom stereocenters. The summed E-state index contributed by atoms with van der Waals surface area (Å²) in [6.45, 7) is 3.16. The summed E-state index contributed by atoms with van der Waals surface area (Å²) in [6, 6.07) is 19.4. The summed E-state index contributed by atoms with van der Waals surface area (Å²) >= 11 is 0. The Morgan fingerprint density at radius 2 is 1.94 bits per heavy atom. The molecular formula is C25H23N7O2. The van der Waals surface area contributed by atoms with Gasteiger partial charge in [-0.2, -0.15) is 10.2 Å². The number of aromatic nitrogens is 6. The molecule has 34 heavy (non-hydrogen) atoms. The normalized spacial score (nSPS) is 11.1. The molecule has 5 rings (SSSR count). The molecule has 0 saturated heterocycles. The van der Waals surface area contributed by atoms with E-state index in [1.165, 1.54) is 6.20 Å². The molecule has 0 aliphatic rings. The van der Waals surface area contributed by atoms with E-state index in [0.717, 1.165) is 16.7 Å². The topological polar surface area (TPSA) is 110 Å². The number of carbonyl (C=O) groups is 1. The molecule has 5 aromatic rings. The fourth-order valence-corrected chi connectivity index (χ4v) is 3.85. The van der Waals surface area contributed by atoms with E-state index in [1.807, 2.05) is 61.5 Å². The molecule has 0 spiro atoms. The van der Waals surface area contributed by atoms with E-state index in [-0.39, 0.29) is 11.5 Å². The van der Waals surface area contributed by atoms with E-state index in [4.69, 9.17) is 0 Å². The number of hydrogen-bond acceptors (Lipinski definition) is 5. The van der Waals surface area contributed by atoms with Crippen LogP contribution in [0.15, 0.2) is 78.0 Å². The molecule has 0 aliphatic carbocycles. The van der Waals surface area contributed by atoms with Crippen molar-refractivity contribution >= 4 is 16.9 Å². The zero-order valence-corrected chi connectivity index (χ0v) is 18.6. The Labute approximate surface area is 195 Å². The largest absolute Gasteiger partial charge is 0.349 e. The van der Waals surface area contributed by atoms with E-state index >= 15 is 0 Å². The van der Waals surface area contributed by atoms with Crippen molar-refractivity contribution in [2.24, 2.45) is 0 Å². The Hall–Kier alpha value is -4.53. The van der Waals surface area contributed by atoms with Crippen molar-refractivity contribution in [3.63, 3.8) is 0 Å². The minimum atomic E-state index is -0.264. The number of amides is 1. The number of nitrogens with zero attached hydrogens (tertiary/aromatic N) is 5. The number of rotatable bonds is 7. The van der Waals surface area contributed by atoms with E-state index in [2.05, 4.69) is 25.6 Å². The molecule has 9 nitrogen and oxygen atoms in total. The molecule has 3 heterocycles. The fraction of sp³-hybridized carbons (Fsp3) is 0.160. The van der Waals surface area contributed by atoms with Gasteiger partial charge in [-0.25, -0.2) is 9.67 Å². The van der Waals surface area contributed by atoms with Gasteiger partial charge in [-0.1, -0.05) is 60.2 Å². The summed E-state index contributed by atoms with van der Waals surface area (Å²) in [6.07, 6.45) is 3.07. The van der Waals surface area contributed by atoms with Gasteiger partial charge in [0.05, 0.1) is 25.0 Å². The van der Waals surface area contributed by atoms with Crippen LogP contribution in [-0.4, -0.2) is 42.0 Å². The smallest absolute Gasteiger partial charge is 0.269 e. The van der Waals surface area contributed by atoms with Crippen molar-refractivity contribution in [2.45, 2.75) is 20.0 Å². The first-order valence-corrected chi connectivity index (χ1v) is 10.9. The van der Waals surface area contributed by atoms with Crippen LogP contribution >= 0.6 is 0 Å². The van der Waals surface area contributed by atoms with Crippen molar-refractivity contribution in [1.29, 1.82) is 0 Å². The molecular weight excluding hydrogens is 430 g/mol. The molecule has 0 aliphatic heterocycles. The SMILES string of the molecule is Cc1cccc(Cn2cnc3c(cnn3CCNC(=O)c3cc(-c4ccccc4)n[nH]3)c2=O)c1. The van der Waals surface area contributed by atoms with Gasteiger partial charge in [0.15, 0.2) is 5.65 Å². The van der Waals surface area contributed by atoms with Crippen molar-refractivity contribution < 1.29 is 4.79 Å². The number of hydrogen-bond donors (Lipinski definition) is 2. The Balaban J connectivity index is 1.24. The monoisotopic (exact) mass is 453 g/mol. The standard InChI is InChI=1S/C25H23N7O2/c1-17-6-5-7-18(12-17)15-31-16-27-23-20(25(31)34)14-28-32(23)11-10-26-24(33)22-13-21(29-30-22)19-8-3-2-4-9-19/h2-9,12-14,16H,10-11,15H2,1H3,(H,26,33)(H,29,30). The van der Waals surface area contributed by atoms with E-state index in [9.17, 15) is 9.59 Å². The number of aryl methyl sites for hydroxylation is 1. The van der Waals surface area contributed by atoms with Crippen LogP contribution in [0, 0.1) is 6.92 Å². The molecule has 0 saturated carbocycles. The summed E-state index contributed by atoms with van der Waals surface area (Å²) in [5, 5.41) is 14.6. The quantitative estimate of drug-likeness (QED) is 0.394. The fourth-order valence-electron chi connectivity index (χ4n) is 3.85. The first-order valence-electron chi connectivity index (χ1n) is 10.9. The molecule has 0 unspecified atom stereocenters. The highest BCUT2D eigenvalue weighted by atomic mass is 16.2. The third kappa shape index (κ3) is 4.36. The van der Waals surface area contributed by atoms with E-state index in [0.29, 0.717) is 42.1 Å². The second-order valence-corrected chi connectivity index (χ2v) is 8.06. The van der Waals surface area contributed by atoms with Crippen molar-refractivity contribution in [3.05, 3.63) is 100 Å². The van der Waals surface area contributed by atoms with Gasteiger partial charge in [-0.3, -0.25) is 19.3 Å². The first-order chi connectivity index (χ1) is 16.6. The van der Waals surface area contributed by atoms with E-state index in [1.54, 1.807) is 21.6 Å². The maximum Gasteiger partial charge on any atom is 0.269 e. The Bertz CT molecular complexity index is 1520. The molecule has 0 bridgehead atoms. The molecule has 1 amide bonds. The van der Waals surface area contributed by atoms with Crippen molar-refractivity contribution in [3.8, 4) is 11.3 Å². The maximum atomic E-state index is 12.9.